The molecule has 0 amide bonds. The van der Waals surface area contributed by atoms with Crippen LogP contribution in [0.2, 0.25) is 0 Å². The number of aliphatic hydroxyl groups is 1. The summed E-state index contributed by atoms with van der Waals surface area (Å²) in [4.78, 5) is 37.1. The summed E-state index contributed by atoms with van der Waals surface area (Å²) >= 11 is 0. The third-order valence-electron chi connectivity index (χ3n) is 6.93. The van der Waals surface area contributed by atoms with Crippen molar-refractivity contribution in [3.63, 3.8) is 0 Å². The summed E-state index contributed by atoms with van der Waals surface area (Å²) in [7, 11) is 0. The van der Waals surface area contributed by atoms with Gasteiger partial charge in [-0.05, 0) is 32.6 Å². The molecule has 162 valence electrons. The van der Waals surface area contributed by atoms with Crippen LogP contribution in [-0.4, -0.2) is 53.5 Å². The smallest absolute Gasteiger partial charge is 0.334 e. The minimum atomic E-state index is -1.00. The number of carbonyl (C=O) groups is 3. The third kappa shape index (κ3) is 2.88. The molecule has 2 aliphatic heterocycles. The number of fused-ring (bicyclic) bond motifs is 1. The van der Waals surface area contributed by atoms with E-state index in [1.165, 1.54) is 13.2 Å². The molecule has 1 N–H and O–H groups in total. The molecule has 7 atom stereocenters. The summed E-state index contributed by atoms with van der Waals surface area (Å²) in [5, 5.41) is 10.2. The Balaban J connectivity index is 1.86. The van der Waals surface area contributed by atoms with Crippen molar-refractivity contribution in [1.82, 2.24) is 0 Å². The first-order valence-corrected chi connectivity index (χ1v) is 10.1. The number of hydrogen-bond donors (Lipinski definition) is 1. The third-order valence-corrected chi connectivity index (χ3v) is 6.93. The Kier molecular flexibility index (Phi) is 5.00. The van der Waals surface area contributed by atoms with E-state index in [4.69, 9.17) is 18.9 Å². The van der Waals surface area contributed by atoms with Gasteiger partial charge in [-0.25, -0.2) is 9.59 Å². The Hall–Kier alpha value is -2.61. The molecule has 30 heavy (non-hydrogen) atoms. The molecular formula is C22H26O8. The fourth-order valence-corrected chi connectivity index (χ4v) is 5.38. The highest BCUT2D eigenvalue weighted by atomic mass is 16.6. The van der Waals surface area contributed by atoms with Crippen molar-refractivity contribution < 1.29 is 38.4 Å². The molecule has 0 aromatic heterocycles. The molecule has 0 aromatic carbocycles. The topological polar surface area (TPSA) is 108 Å². The van der Waals surface area contributed by atoms with Gasteiger partial charge in [0, 0.05) is 29.6 Å². The fraction of sp³-hybridized carbons (Fsp3) is 0.591. The maximum atomic E-state index is 12.7. The van der Waals surface area contributed by atoms with Crippen LogP contribution in [0.3, 0.4) is 0 Å². The van der Waals surface area contributed by atoms with Gasteiger partial charge in [-0.1, -0.05) is 12.7 Å². The van der Waals surface area contributed by atoms with Crippen LogP contribution in [0.5, 0.6) is 0 Å². The van der Waals surface area contributed by atoms with Crippen LogP contribution in [0, 0.1) is 17.8 Å². The molecule has 0 radical (unpaired) electrons. The minimum Gasteiger partial charge on any atom is -0.492 e. The van der Waals surface area contributed by atoms with Crippen LogP contribution in [0.1, 0.15) is 33.6 Å². The molecule has 2 heterocycles. The molecule has 4 bridgehead atoms. The highest BCUT2D eigenvalue weighted by Gasteiger charge is 2.67. The van der Waals surface area contributed by atoms with Crippen LogP contribution >= 0.6 is 0 Å². The average Bonchev–Trinajstić information content (AvgIpc) is 3.13. The van der Waals surface area contributed by atoms with Crippen LogP contribution in [-0.2, 0) is 33.3 Å². The fourth-order valence-electron chi connectivity index (χ4n) is 5.38. The highest BCUT2D eigenvalue weighted by Crippen LogP contribution is 2.59. The summed E-state index contributed by atoms with van der Waals surface area (Å²) in [6, 6.07) is 0. The van der Waals surface area contributed by atoms with Gasteiger partial charge >= 0.3 is 17.9 Å². The lowest BCUT2D eigenvalue weighted by Crippen LogP contribution is -2.50. The highest BCUT2D eigenvalue weighted by molar-refractivity contribution is 5.92. The van der Waals surface area contributed by atoms with Crippen molar-refractivity contribution >= 4 is 17.9 Å². The molecule has 2 unspecified atom stereocenters. The lowest BCUT2D eigenvalue weighted by Gasteiger charge is -2.41. The maximum Gasteiger partial charge on any atom is 0.334 e. The second-order valence-electron chi connectivity index (χ2n) is 8.42. The summed E-state index contributed by atoms with van der Waals surface area (Å²) < 4.78 is 23.1. The second kappa shape index (κ2) is 7.27. The number of ether oxygens (including phenoxy) is 4. The molecule has 1 saturated heterocycles. The monoisotopic (exact) mass is 418 g/mol. The van der Waals surface area contributed by atoms with Gasteiger partial charge in [0.25, 0.3) is 0 Å². The average molecular weight is 418 g/mol. The summed E-state index contributed by atoms with van der Waals surface area (Å²) in [6.45, 7) is 8.25. The molecular weight excluding hydrogens is 392 g/mol. The SMILES string of the molecule is C=C1C(=O)O[C@@H]2C3C4CC[C@]3(CO)OC=C4[C@H](OC(C)=O)[C@@H](OC(=O)/C(C)=C\C)[C@@H]12. The first-order chi connectivity index (χ1) is 14.2. The van der Waals surface area contributed by atoms with Gasteiger partial charge in [0.15, 0.2) is 12.2 Å². The predicted molar refractivity (Wildman–Crippen MR) is 103 cm³/mol. The van der Waals surface area contributed by atoms with Crippen LogP contribution in [0.15, 0.2) is 35.6 Å². The van der Waals surface area contributed by atoms with Crippen molar-refractivity contribution in [2.45, 2.75) is 57.5 Å². The van der Waals surface area contributed by atoms with Gasteiger partial charge in [0.1, 0.15) is 11.7 Å². The summed E-state index contributed by atoms with van der Waals surface area (Å²) in [6.07, 6.45) is 1.71. The number of carbonyl (C=O) groups excluding carboxylic acids is 3. The van der Waals surface area contributed by atoms with Gasteiger partial charge in [0.2, 0.25) is 0 Å². The van der Waals surface area contributed by atoms with Gasteiger partial charge < -0.3 is 24.1 Å². The Morgan fingerprint density at radius 2 is 2.10 bits per heavy atom. The molecule has 8 nitrogen and oxygen atoms in total. The zero-order chi connectivity index (χ0) is 21.8. The Morgan fingerprint density at radius 1 is 1.37 bits per heavy atom. The standard InChI is InChI=1S/C22H26O8/c1-5-10(2)20(25)30-19-15-11(3)21(26)29-18(15)16-13-6-7-22(16,9-23)27-8-14(13)17(19)28-12(4)24/h5,8,13,15-19,23H,3,6-7,9H2,1-2,4H3/b10-5-/t13?,15-,16?,17-,18-,19-,22+/m0/s1. The molecule has 2 aliphatic carbocycles. The van der Waals surface area contributed by atoms with Crippen LogP contribution < -0.4 is 0 Å². The summed E-state index contributed by atoms with van der Waals surface area (Å²) in [5.74, 6) is -2.94. The Morgan fingerprint density at radius 3 is 2.73 bits per heavy atom. The molecule has 8 heteroatoms. The number of hydrogen-bond acceptors (Lipinski definition) is 8. The first-order valence-electron chi connectivity index (χ1n) is 10.1. The second-order valence-corrected chi connectivity index (χ2v) is 8.42. The van der Waals surface area contributed by atoms with Crippen molar-refractivity contribution in [3.05, 3.63) is 35.6 Å². The molecule has 0 aromatic rings. The van der Waals surface area contributed by atoms with Crippen LogP contribution in [0.25, 0.3) is 0 Å². The Bertz CT molecular complexity index is 870. The summed E-state index contributed by atoms with van der Waals surface area (Å²) in [5.41, 5.74) is 0.315. The van der Waals surface area contributed by atoms with E-state index in [1.807, 2.05) is 0 Å². The number of rotatable bonds is 4. The van der Waals surface area contributed by atoms with Crippen molar-refractivity contribution in [2.24, 2.45) is 17.8 Å². The molecule has 0 spiro atoms. The number of aliphatic hydroxyl groups excluding tert-OH is 1. The zero-order valence-corrected chi connectivity index (χ0v) is 17.3. The first kappa shape index (κ1) is 20.7. The van der Waals surface area contributed by atoms with Gasteiger partial charge in [0.05, 0.1) is 18.8 Å². The predicted octanol–water partition coefficient (Wildman–Crippen LogP) is 1.58. The molecule has 3 fully saturated rings. The molecule has 2 saturated carbocycles. The van der Waals surface area contributed by atoms with E-state index < -0.39 is 47.7 Å². The maximum absolute atomic E-state index is 12.7. The largest absolute Gasteiger partial charge is 0.492 e. The van der Waals surface area contributed by atoms with Gasteiger partial charge in [-0.2, -0.15) is 0 Å². The van der Waals surface area contributed by atoms with E-state index in [9.17, 15) is 19.5 Å². The lowest BCUT2D eigenvalue weighted by atomic mass is 9.75. The minimum absolute atomic E-state index is 0.145. The van der Waals surface area contributed by atoms with E-state index >= 15 is 0 Å². The van der Waals surface area contributed by atoms with Gasteiger partial charge in [-0.3, -0.25) is 4.79 Å². The number of esters is 3. The van der Waals surface area contributed by atoms with Crippen LogP contribution in [0.4, 0.5) is 0 Å². The zero-order valence-electron chi connectivity index (χ0n) is 17.3. The van der Waals surface area contributed by atoms with E-state index in [0.29, 0.717) is 24.0 Å². The van der Waals surface area contributed by atoms with Crippen molar-refractivity contribution in [1.29, 1.82) is 0 Å². The molecule has 4 rings (SSSR count). The molecule has 4 aliphatic rings. The van der Waals surface area contributed by atoms with E-state index in [0.717, 1.165) is 0 Å². The van der Waals surface area contributed by atoms with Crippen molar-refractivity contribution in [2.75, 3.05) is 6.61 Å². The van der Waals surface area contributed by atoms with E-state index in [2.05, 4.69) is 6.58 Å². The van der Waals surface area contributed by atoms with Gasteiger partial charge in [-0.15, -0.1) is 0 Å². The van der Waals surface area contributed by atoms with E-state index in [-0.39, 0.29) is 24.0 Å². The quantitative estimate of drug-likeness (QED) is 0.416. The normalized spacial score (nSPS) is 39.3. The van der Waals surface area contributed by atoms with Crippen molar-refractivity contribution in [3.8, 4) is 0 Å². The lowest BCUT2D eigenvalue weighted by molar-refractivity contribution is -0.166. The van der Waals surface area contributed by atoms with E-state index in [1.54, 1.807) is 19.9 Å². The Labute approximate surface area is 174 Å². The number of allylic oxidation sites excluding steroid dienone is 1.